The Labute approximate surface area is 207 Å². The van der Waals surface area contributed by atoms with Gasteiger partial charge >= 0.3 is 12.1 Å². The van der Waals surface area contributed by atoms with E-state index in [9.17, 15) is 23.1 Å². The molecular formula is C25H19BrF3N3O3. The monoisotopic (exact) mass is 545 g/mol. The fraction of sp³-hybridized carbons (Fsp3) is 0.160. The van der Waals surface area contributed by atoms with Crippen LogP contribution in [0, 0.1) is 6.92 Å². The molecule has 35 heavy (non-hydrogen) atoms. The molecule has 0 aliphatic heterocycles. The van der Waals surface area contributed by atoms with E-state index < -0.39 is 23.5 Å². The van der Waals surface area contributed by atoms with Crippen LogP contribution in [-0.2, 0) is 10.9 Å². The van der Waals surface area contributed by atoms with Gasteiger partial charge in [0.1, 0.15) is 16.9 Å². The van der Waals surface area contributed by atoms with Gasteiger partial charge in [-0.2, -0.15) is 13.2 Å². The Balaban J connectivity index is 1.91. The van der Waals surface area contributed by atoms with Gasteiger partial charge in [-0.3, -0.25) is 0 Å². The van der Waals surface area contributed by atoms with Gasteiger partial charge < -0.3 is 9.84 Å². The highest BCUT2D eigenvalue weighted by Gasteiger charge is 2.30. The number of esters is 1. The summed E-state index contributed by atoms with van der Waals surface area (Å²) in [6, 6.07) is 13.5. The van der Waals surface area contributed by atoms with E-state index in [1.54, 1.807) is 26.1 Å². The number of aryl methyl sites for hydroxylation is 1. The summed E-state index contributed by atoms with van der Waals surface area (Å²) in [4.78, 5) is 12.6. The van der Waals surface area contributed by atoms with Crippen molar-refractivity contribution in [3.63, 3.8) is 0 Å². The molecule has 0 spiro atoms. The van der Waals surface area contributed by atoms with E-state index in [2.05, 4.69) is 26.2 Å². The molecule has 180 valence electrons. The Morgan fingerprint density at radius 3 is 2.31 bits per heavy atom. The van der Waals surface area contributed by atoms with Crippen molar-refractivity contribution in [3.8, 4) is 33.8 Å². The van der Waals surface area contributed by atoms with E-state index in [4.69, 9.17) is 4.74 Å². The number of halogens is 4. The Kier molecular flexibility index (Phi) is 6.66. The second kappa shape index (κ2) is 9.53. The molecule has 0 saturated carbocycles. The number of ether oxygens (including phenoxy) is 1. The third-order valence-corrected chi connectivity index (χ3v) is 5.87. The molecule has 3 aromatic carbocycles. The van der Waals surface area contributed by atoms with Gasteiger partial charge in [0, 0.05) is 15.6 Å². The molecular weight excluding hydrogens is 527 g/mol. The highest BCUT2D eigenvalue weighted by molar-refractivity contribution is 9.10. The summed E-state index contributed by atoms with van der Waals surface area (Å²) in [6.45, 7) is 3.35. The number of nitrogens with zero attached hydrogens (tertiary/aromatic N) is 3. The molecule has 1 N–H and O–H groups in total. The largest absolute Gasteiger partial charge is 0.505 e. The second-order valence-electron chi connectivity index (χ2n) is 7.66. The zero-order chi connectivity index (χ0) is 25.3. The van der Waals surface area contributed by atoms with E-state index in [-0.39, 0.29) is 17.9 Å². The number of phenols is 1. The number of benzene rings is 3. The van der Waals surface area contributed by atoms with E-state index in [1.807, 2.05) is 24.3 Å². The number of carbonyl (C=O) groups excluding carboxylic acids is 1. The fourth-order valence-electron chi connectivity index (χ4n) is 3.67. The van der Waals surface area contributed by atoms with Gasteiger partial charge in [0.15, 0.2) is 5.75 Å². The number of aromatic hydroxyl groups is 1. The molecule has 0 saturated heterocycles. The van der Waals surface area contributed by atoms with Crippen LogP contribution in [0.4, 0.5) is 13.2 Å². The van der Waals surface area contributed by atoms with Crippen molar-refractivity contribution in [2.75, 3.05) is 6.61 Å². The molecule has 10 heteroatoms. The zero-order valence-corrected chi connectivity index (χ0v) is 20.2. The Hall–Kier alpha value is -3.66. The van der Waals surface area contributed by atoms with Crippen LogP contribution in [-0.4, -0.2) is 32.7 Å². The van der Waals surface area contributed by atoms with Gasteiger partial charge in [-0.15, -0.1) is 5.10 Å². The molecule has 4 aromatic rings. The van der Waals surface area contributed by atoms with Crippen molar-refractivity contribution >= 4 is 21.9 Å². The minimum absolute atomic E-state index is 0.0572. The molecule has 0 fully saturated rings. The van der Waals surface area contributed by atoms with Gasteiger partial charge in [-0.25, -0.2) is 9.48 Å². The van der Waals surface area contributed by atoms with Crippen LogP contribution < -0.4 is 0 Å². The molecule has 1 heterocycles. The number of alkyl halides is 3. The average Bonchev–Trinajstić information content (AvgIpc) is 3.28. The van der Waals surface area contributed by atoms with Crippen LogP contribution in [0.3, 0.4) is 0 Å². The van der Waals surface area contributed by atoms with Gasteiger partial charge in [-0.05, 0) is 55.3 Å². The minimum atomic E-state index is -4.49. The average molecular weight is 546 g/mol. The quantitative estimate of drug-likeness (QED) is 0.287. The standard InChI is InChI=1S/C25H19BrF3N3O3/c1-3-35-24(34)21-14(2)12-19(15-4-8-17(9-5-15)25(27,28)29)22(23(21)33)32-13-20(30-31-32)16-6-10-18(26)11-7-16/h4-13,33H,3H2,1-2H3. The lowest BCUT2D eigenvalue weighted by Gasteiger charge is -2.17. The predicted octanol–water partition coefficient (Wildman–Crippen LogP) is 6.57. The van der Waals surface area contributed by atoms with Crippen molar-refractivity contribution in [1.82, 2.24) is 15.0 Å². The number of rotatable bonds is 5. The summed E-state index contributed by atoms with van der Waals surface area (Å²) in [5.74, 6) is -1.14. The molecule has 0 bridgehead atoms. The lowest BCUT2D eigenvalue weighted by Crippen LogP contribution is -2.10. The zero-order valence-electron chi connectivity index (χ0n) is 18.6. The molecule has 0 aliphatic rings. The van der Waals surface area contributed by atoms with Crippen molar-refractivity contribution in [1.29, 1.82) is 0 Å². The molecule has 0 unspecified atom stereocenters. The first kappa shape index (κ1) is 24.5. The summed E-state index contributed by atoms with van der Waals surface area (Å²) in [6.07, 6.45) is -2.92. The van der Waals surface area contributed by atoms with Gasteiger partial charge in [0.2, 0.25) is 0 Å². The van der Waals surface area contributed by atoms with Crippen LogP contribution in [0.2, 0.25) is 0 Å². The SMILES string of the molecule is CCOC(=O)c1c(C)cc(-c2ccc(C(F)(F)F)cc2)c(-n2cc(-c3ccc(Br)cc3)nn2)c1O. The number of phenolic OH excluding ortho intramolecular Hbond substituents is 1. The first-order chi connectivity index (χ1) is 16.6. The maximum atomic E-state index is 13.1. The van der Waals surface area contributed by atoms with Crippen LogP contribution in [0.1, 0.15) is 28.4 Å². The molecule has 0 radical (unpaired) electrons. The van der Waals surface area contributed by atoms with E-state index in [1.165, 1.54) is 16.8 Å². The number of hydrogen-bond acceptors (Lipinski definition) is 5. The van der Waals surface area contributed by atoms with Crippen LogP contribution in [0.15, 0.2) is 65.3 Å². The molecule has 0 atom stereocenters. The Bertz CT molecular complexity index is 1380. The van der Waals surface area contributed by atoms with Crippen molar-refractivity contribution < 1.29 is 27.8 Å². The first-order valence-corrected chi connectivity index (χ1v) is 11.3. The molecule has 4 rings (SSSR count). The molecule has 1 aromatic heterocycles. The van der Waals surface area contributed by atoms with Crippen molar-refractivity contribution in [2.24, 2.45) is 0 Å². The third kappa shape index (κ3) is 4.93. The number of carbonyl (C=O) groups is 1. The number of hydrogen-bond donors (Lipinski definition) is 1. The Morgan fingerprint density at radius 1 is 1.09 bits per heavy atom. The summed E-state index contributed by atoms with van der Waals surface area (Å²) in [7, 11) is 0. The lowest BCUT2D eigenvalue weighted by atomic mass is 9.95. The summed E-state index contributed by atoms with van der Waals surface area (Å²) < 4.78 is 46.5. The highest BCUT2D eigenvalue weighted by Crippen LogP contribution is 2.40. The minimum Gasteiger partial charge on any atom is -0.505 e. The van der Waals surface area contributed by atoms with Crippen LogP contribution in [0.25, 0.3) is 28.1 Å². The number of aromatic nitrogens is 3. The van der Waals surface area contributed by atoms with Crippen molar-refractivity contribution in [2.45, 2.75) is 20.0 Å². The van der Waals surface area contributed by atoms with Crippen LogP contribution >= 0.6 is 15.9 Å². The maximum absolute atomic E-state index is 13.1. The van der Waals surface area contributed by atoms with Gasteiger partial charge in [0.05, 0.1) is 18.4 Å². The van der Waals surface area contributed by atoms with E-state index in [0.717, 1.165) is 22.2 Å². The normalized spacial score (nSPS) is 11.5. The lowest BCUT2D eigenvalue weighted by molar-refractivity contribution is -0.137. The van der Waals surface area contributed by atoms with Gasteiger partial charge in [0.25, 0.3) is 0 Å². The summed E-state index contributed by atoms with van der Waals surface area (Å²) in [5, 5.41) is 19.5. The highest BCUT2D eigenvalue weighted by atomic mass is 79.9. The maximum Gasteiger partial charge on any atom is 0.416 e. The van der Waals surface area contributed by atoms with Crippen molar-refractivity contribution in [3.05, 3.63) is 82.0 Å². The Morgan fingerprint density at radius 2 is 1.71 bits per heavy atom. The second-order valence-corrected chi connectivity index (χ2v) is 8.58. The smallest absolute Gasteiger partial charge is 0.416 e. The summed E-state index contributed by atoms with van der Waals surface area (Å²) >= 11 is 3.37. The van der Waals surface area contributed by atoms with Crippen LogP contribution in [0.5, 0.6) is 5.75 Å². The predicted molar refractivity (Wildman–Crippen MR) is 127 cm³/mol. The summed E-state index contributed by atoms with van der Waals surface area (Å²) in [5.41, 5.74) is 1.64. The fourth-order valence-corrected chi connectivity index (χ4v) is 3.93. The van der Waals surface area contributed by atoms with E-state index >= 15 is 0 Å². The third-order valence-electron chi connectivity index (χ3n) is 5.34. The first-order valence-electron chi connectivity index (χ1n) is 10.5. The molecule has 6 nitrogen and oxygen atoms in total. The molecule has 0 aliphatic carbocycles. The van der Waals surface area contributed by atoms with Gasteiger partial charge in [-0.1, -0.05) is 45.4 Å². The molecule has 0 amide bonds. The van der Waals surface area contributed by atoms with E-state index in [0.29, 0.717) is 22.4 Å². The topological polar surface area (TPSA) is 77.2 Å².